The molecule has 0 spiro atoms. The molecule has 0 bridgehead atoms. The van der Waals surface area contributed by atoms with Crippen molar-refractivity contribution in [2.24, 2.45) is 11.1 Å². The molecule has 234 valence electrons. The van der Waals surface area contributed by atoms with Crippen molar-refractivity contribution in [2.45, 2.75) is 102 Å². The summed E-state index contributed by atoms with van der Waals surface area (Å²) in [5, 5.41) is 9.90. The van der Waals surface area contributed by atoms with Crippen molar-refractivity contribution < 1.29 is 23.5 Å². The summed E-state index contributed by atoms with van der Waals surface area (Å²) in [6.07, 6.45) is 3.48. The second-order valence-electron chi connectivity index (χ2n) is 12.9. The van der Waals surface area contributed by atoms with Crippen LogP contribution in [-0.4, -0.2) is 48.6 Å². The first-order valence-electron chi connectivity index (χ1n) is 14.7. The van der Waals surface area contributed by atoms with Gasteiger partial charge in [-0.05, 0) is 73.8 Å². The van der Waals surface area contributed by atoms with E-state index < -0.39 is 35.7 Å². The summed E-state index contributed by atoms with van der Waals surface area (Å²) >= 11 is 12.6. The minimum Gasteiger partial charge on any atom is -0.461 e. The molecule has 2 amide bonds. The van der Waals surface area contributed by atoms with Gasteiger partial charge in [0, 0.05) is 34.6 Å². The molecule has 2 aromatic carbocycles. The average molecular weight is 636 g/mol. The Morgan fingerprint density at radius 3 is 2.44 bits per heavy atom. The van der Waals surface area contributed by atoms with Gasteiger partial charge in [-0.1, -0.05) is 62.2 Å². The molecule has 1 saturated carbocycles. The van der Waals surface area contributed by atoms with Gasteiger partial charge in [-0.15, -0.1) is 0 Å². The molecule has 1 aliphatic carbocycles. The maximum Gasteiger partial charge on any atom is 0.322 e. The summed E-state index contributed by atoms with van der Waals surface area (Å²) < 4.78 is 21.3. The maximum atomic E-state index is 15.8. The van der Waals surface area contributed by atoms with Gasteiger partial charge in [-0.2, -0.15) is 0 Å². The lowest BCUT2D eigenvalue weighted by Gasteiger charge is -2.32. The molecule has 8 nitrogen and oxygen atoms in total. The molecule has 5 N–H and O–H groups in total. The van der Waals surface area contributed by atoms with E-state index in [0.717, 1.165) is 5.56 Å². The van der Waals surface area contributed by atoms with Crippen molar-refractivity contribution >= 4 is 47.2 Å². The van der Waals surface area contributed by atoms with Crippen LogP contribution in [0, 0.1) is 11.2 Å². The van der Waals surface area contributed by atoms with Crippen LogP contribution >= 0.6 is 23.2 Å². The smallest absolute Gasteiger partial charge is 0.322 e. The molecule has 0 radical (unpaired) electrons. The lowest BCUT2D eigenvalue weighted by Crippen LogP contribution is -2.50. The summed E-state index contributed by atoms with van der Waals surface area (Å²) in [4.78, 5) is 37.6. The fraction of sp³-hybridized carbons (Fsp3) is 0.531. The largest absolute Gasteiger partial charge is 0.461 e. The molecular weight excluding hydrogens is 594 g/mol. The molecule has 0 aromatic heterocycles. The van der Waals surface area contributed by atoms with E-state index in [-0.39, 0.29) is 34.5 Å². The first-order valence-corrected chi connectivity index (χ1v) is 15.5. The number of carbonyl (C=O) groups excluding carboxylic acids is 3. The molecule has 2 fully saturated rings. The van der Waals surface area contributed by atoms with Crippen LogP contribution < -0.4 is 21.7 Å². The molecule has 5 unspecified atom stereocenters. The van der Waals surface area contributed by atoms with E-state index in [2.05, 4.69) is 36.7 Å². The van der Waals surface area contributed by atoms with Gasteiger partial charge in [0.1, 0.15) is 18.0 Å². The Balaban J connectivity index is 1.69. The zero-order valence-electron chi connectivity index (χ0n) is 25.0. The van der Waals surface area contributed by atoms with Crippen LogP contribution in [0.15, 0.2) is 36.4 Å². The highest BCUT2D eigenvalue weighted by Crippen LogP contribution is 2.49. The van der Waals surface area contributed by atoms with E-state index in [9.17, 15) is 14.4 Å². The highest BCUT2D eigenvalue weighted by Gasteiger charge is 2.50. The molecule has 1 heterocycles. The fourth-order valence-corrected chi connectivity index (χ4v) is 6.79. The van der Waals surface area contributed by atoms with Gasteiger partial charge in [0.15, 0.2) is 0 Å². The average Bonchev–Trinajstić information content (AvgIpc) is 3.28. The minimum absolute atomic E-state index is 0.0308. The normalized spacial score (nSPS) is 26.4. The lowest BCUT2D eigenvalue weighted by atomic mass is 9.73. The molecular formula is C32H41Cl2FN4O4. The number of halogens is 3. The molecule has 2 aliphatic rings. The number of benzene rings is 2. The number of rotatable bonds is 9. The molecule has 5 atom stereocenters. The molecule has 2 aromatic rings. The van der Waals surface area contributed by atoms with E-state index in [4.69, 9.17) is 33.7 Å². The van der Waals surface area contributed by atoms with Crippen molar-refractivity contribution in [1.29, 1.82) is 0 Å². The summed E-state index contributed by atoms with van der Waals surface area (Å²) in [5.74, 6) is -2.32. The third-order valence-corrected chi connectivity index (χ3v) is 8.82. The number of hydrogen-bond acceptors (Lipinski definition) is 6. The molecule has 43 heavy (non-hydrogen) atoms. The molecule has 11 heteroatoms. The van der Waals surface area contributed by atoms with Crippen LogP contribution in [0.4, 0.5) is 10.1 Å². The fourth-order valence-electron chi connectivity index (χ4n) is 6.44. The standard InChI is InChI=1S/C32H41Cl2FN4O4/c1-17(36)31(42)43-20-11-9-19(10-12-20)38-30(41)29-27(22-6-5-7-23(34)28(22)35)26(25(39-29)15-32(2,3)4)21-13-8-18(33)14-24(21)37-16-40/h5-8,13-14,16-17,19-20,25-27,29,39H,9-12,15,36H2,1-4H3,(H,37,40)(H,38,41). The van der Waals surface area contributed by atoms with Crippen LogP contribution in [0.5, 0.6) is 0 Å². The van der Waals surface area contributed by atoms with Gasteiger partial charge in [0.25, 0.3) is 0 Å². The van der Waals surface area contributed by atoms with Crippen LogP contribution in [0.2, 0.25) is 10.0 Å². The third-order valence-electron chi connectivity index (χ3n) is 8.29. The van der Waals surface area contributed by atoms with E-state index in [1.54, 1.807) is 31.2 Å². The topological polar surface area (TPSA) is 123 Å². The Bertz CT molecular complexity index is 1330. The van der Waals surface area contributed by atoms with Gasteiger partial charge in [0.05, 0.1) is 11.1 Å². The minimum atomic E-state index is -0.793. The Morgan fingerprint density at radius 2 is 1.81 bits per heavy atom. The van der Waals surface area contributed by atoms with Crippen molar-refractivity contribution in [1.82, 2.24) is 10.6 Å². The summed E-state index contributed by atoms with van der Waals surface area (Å²) in [7, 11) is 0. The van der Waals surface area contributed by atoms with E-state index in [1.807, 2.05) is 6.07 Å². The highest BCUT2D eigenvalue weighted by atomic mass is 35.5. The van der Waals surface area contributed by atoms with Gasteiger partial charge in [-0.3, -0.25) is 14.4 Å². The summed E-state index contributed by atoms with van der Waals surface area (Å²) in [6.45, 7) is 7.91. The van der Waals surface area contributed by atoms with Crippen molar-refractivity contribution in [2.75, 3.05) is 5.32 Å². The predicted octanol–water partition coefficient (Wildman–Crippen LogP) is 5.66. The number of amides is 2. The monoisotopic (exact) mass is 634 g/mol. The first kappa shape index (κ1) is 33.2. The van der Waals surface area contributed by atoms with Gasteiger partial charge in [0.2, 0.25) is 12.3 Å². The number of anilines is 1. The van der Waals surface area contributed by atoms with Crippen LogP contribution in [0.3, 0.4) is 0 Å². The van der Waals surface area contributed by atoms with Crippen molar-refractivity contribution in [3.05, 3.63) is 63.4 Å². The molecule has 1 aliphatic heterocycles. The molecule has 1 saturated heterocycles. The summed E-state index contributed by atoms with van der Waals surface area (Å²) in [6, 6.07) is 8.20. The van der Waals surface area contributed by atoms with Gasteiger partial charge in [-0.25, -0.2) is 4.39 Å². The van der Waals surface area contributed by atoms with Crippen LogP contribution in [-0.2, 0) is 19.1 Å². The number of ether oxygens (including phenoxy) is 1. The van der Waals surface area contributed by atoms with E-state index in [0.29, 0.717) is 54.8 Å². The lowest BCUT2D eigenvalue weighted by molar-refractivity contribution is -0.152. The third kappa shape index (κ3) is 8.06. The zero-order valence-corrected chi connectivity index (χ0v) is 26.5. The second kappa shape index (κ2) is 13.9. The number of hydrogen-bond donors (Lipinski definition) is 4. The Hall–Kier alpha value is -2.72. The maximum absolute atomic E-state index is 15.8. The summed E-state index contributed by atoms with van der Waals surface area (Å²) in [5.41, 5.74) is 7.06. The first-order chi connectivity index (χ1) is 20.3. The van der Waals surface area contributed by atoms with E-state index in [1.165, 1.54) is 6.07 Å². The number of nitrogens with two attached hydrogens (primary N) is 1. The van der Waals surface area contributed by atoms with Crippen molar-refractivity contribution in [3.63, 3.8) is 0 Å². The number of carbonyl (C=O) groups is 3. The number of nitrogens with one attached hydrogen (secondary N) is 3. The SMILES string of the molecule is CC(N)C(=O)OC1CCC(NC(=O)C2NC(CC(C)(C)C)C(c3ccc(Cl)cc3NC=O)C2c2cccc(Cl)c2F)CC1. The second-order valence-corrected chi connectivity index (χ2v) is 13.8. The Labute approximate surface area is 262 Å². The van der Waals surface area contributed by atoms with Crippen molar-refractivity contribution in [3.8, 4) is 0 Å². The number of esters is 1. The highest BCUT2D eigenvalue weighted by molar-refractivity contribution is 6.31. The van der Waals surface area contributed by atoms with E-state index >= 15 is 4.39 Å². The van der Waals surface area contributed by atoms with Gasteiger partial charge >= 0.3 is 5.97 Å². The molecule has 4 rings (SSSR count). The van der Waals surface area contributed by atoms with Crippen LogP contribution in [0.25, 0.3) is 0 Å². The van der Waals surface area contributed by atoms with Gasteiger partial charge < -0.3 is 26.4 Å². The quantitative estimate of drug-likeness (QED) is 0.208. The Kier molecular flexibility index (Phi) is 10.7. The zero-order chi connectivity index (χ0) is 31.5. The Morgan fingerprint density at radius 1 is 1.12 bits per heavy atom. The predicted molar refractivity (Wildman–Crippen MR) is 167 cm³/mol. The van der Waals surface area contributed by atoms with Crippen LogP contribution in [0.1, 0.15) is 82.8 Å².